The summed E-state index contributed by atoms with van der Waals surface area (Å²) in [4.78, 5) is 9.82. The maximum Gasteiger partial charge on any atom is 0.127 e. The Labute approximate surface area is 172 Å². The average molecular weight is 401 g/mol. The second kappa shape index (κ2) is 6.69. The lowest BCUT2D eigenvalue weighted by molar-refractivity contribution is 1.25. The number of nitrogens with zero attached hydrogens (tertiary/aromatic N) is 2. The number of halogens is 1. The minimum atomic E-state index is 0.709. The van der Waals surface area contributed by atoms with Gasteiger partial charge in [0.25, 0.3) is 0 Å². The fraction of sp³-hybridized carbons (Fsp3) is 0.0833. The van der Waals surface area contributed by atoms with Gasteiger partial charge in [-0.3, -0.25) is 4.98 Å². The molecule has 3 aromatic carbocycles. The Kier molecular flexibility index (Phi) is 4.15. The minimum absolute atomic E-state index is 0.709. The van der Waals surface area contributed by atoms with E-state index in [1.54, 1.807) is 11.3 Å². The summed E-state index contributed by atoms with van der Waals surface area (Å²) in [6, 6.07) is 22.7. The van der Waals surface area contributed by atoms with Gasteiger partial charge in [0.2, 0.25) is 0 Å². The van der Waals surface area contributed by atoms with E-state index >= 15 is 0 Å². The first-order valence-corrected chi connectivity index (χ1v) is 10.3. The maximum atomic E-state index is 6.36. The van der Waals surface area contributed by atoms with Crippen molar-refractivity contribution in [2.75, 3.05) is 0 Å². The van der Waals surface area contributed by atoms with Crippen molar-refractivity contribution in [2.45, 2.75) is 13.8 Å². The van der Waals surface area contributed by atoms with Crippen molar-refractivity contribution in [1.82, 2.24) is 9.97 Å². The summed E-state index contributed by atoms with van der Waals surface area (Å²) < 4.78 is 1.19. The zero-order valence-corrected chi connectivity index (χ0v) is 17.1. The molecule has 0 saturated carbocycles. The van der Waals surface area contributed by atoms with Crippen LogP contribution in [-0.4, -0.2) is 9.97 Å². The van der Waals surface area contributed by atoms with Gasteiger partial charge >= 0.3 is 0 Å². The molecule has 2 heterocycles. The molecule has 5 aromatic rings. The number of pyridine rings is 1. The first kappa shape index (κ1) is 17.4. The first-order chi connectivity index (χ1) is 13.6. The third-order valence-corrected chi connectivity index (χ3v) is 6.22. The van der Waals surface area contributed by atoms with Gasteiger partial charge < -0.3 is 0 Å². The van der Waals surface area contributed by atoms with E-state index in [1.165, 1.54) is 10.3 Å². The fourth-order valence-electron chi connectivity index (χ4n) is 3.66. The van der Waals surface area contributed by atoms with Crippen molar-refractivity contribution in [1.29, 1.82) is 0 Å². The summed E-state index contributed by atoms with van der Waals surface area (Å²) in [5.41, 5.74) is 7.55. The number of benzene rings is 3. The molecule has 4 heteroatoms. The predicted molar refractivity (Wildman–Crippen MR) is 120 cm³/mol. The number of rotatable bonds is 2. The van der Waals surface area contributed by atoms with Crippen molar-refractivity contribution in [3.8, 4) is 21.7 Å². The molecule has 136 valence electrons. The van der Waals surface area contributed by atoms with E-state index < -0.39 is 0 Å². The monoisotopic (exact) mass is 400 g/mol. The van der Waals surface area contributed by atoms with E-state index in [1.807, 2.05) is 24.3 Å². The smallest absolute Gasteiger partial charge is 0.127 e. The van der Waals surface area contributed by atoms with Crippen LogP contribution in [0.4, 0.5) is 0 Å². The summed E-state index contributed by atoms with van der Waals surface area (Å²) in [7, 11) is 0. The summed E-state index contributed by atoms with van der Waals surface area (Å²) in [5.74, 6) is 0. The molecule has 5 rings (SSSR count). The second-order valence-corrected chi connectivity index (χ2v) is 8.43. The molecule has 0 unspecified atom stereocenters. The molecule has 0 aliphatic carbocycles. The highest BCUT2D eigenvalue weighted by atomic mass is 35.5. The molecular weight excluding hydrogens is 384 g/mol. The quantitative estimate of drug-likeness (QED) is 0.307. The minimum Gasteiger partial charge on any atom is -0.252 e. The van der Waals surface area contributed by atoms with Gasteiger partial charge in [0.15, 0.2) is 0 Å². The Morgan fingerprint density at radius 3 is 2.39 bits per heavy atom. The van der Waals surface area contributed by atoms with E-state index in [0.29, 0.717) is 5.02 Å². The van der Waals surface area contributed by atoms with Gasteiger partial charge in [0.1, 0.15) is 5.01 Å². The van der Waals surface area contributed by atoms with Crippen LogP contribution in [-0.2, 0) is 0 Å². The Morgan fingerprint density at radius 2 is 1.57 bits per heavy atom. The van der Waals surface area contributed by atoms with Crippen LogP contribution in [0.15, 0.2) is 66.7 Å². The average Bonchev–Trinajstić information content (AvgIpc) is 3.10. The maximum absolute atomic E-state index is 6.36. The Balaban J connectivity index is 1.90. The fourth-order valence-corrected chi connectivity index (χ4v) is 5.00. The molecule has 0 spiro atoms. The van der Waals surface area contributed by atoms with Crippen LogP contribution in [0.25, 0.3) is 42.8 Å². The van der Waals surface area contributed by atoms with Crippen LogP contribution in [0.2, 0.25) is 5.02 Å². The third kappa shape index (κ3) is 2.88. The Bertz CT molecular complexity index is 1340. The third-order valence-electron chi connectivity index (χ3n) is 4.95. The van der Waals surface area contributed by atoms with Crippen molar-refractivity contribution >= 4 is 44.1 Å². The van der Waals surface area contributed by atoms with E-state index in [-0.39, 0.29) is 0 Å². The van der Waals surface area contributed by atoms with Gasteiger partial charge in [-0.05, 0) is 55.3 Å². The van der Waals surface area contributed by atoms with Crippen molar-refractivity contribution in [2.24, 2.45) is 0 Å². The summed E-state index contributed by atoms with van der Waals surface area (Å²) in [6.07, 6.45) is 0. The molecule has 0 fully saturated rings. The normalized spacial score (nSPS) is 11.4. The first-order valence-electron chi connectivity index (χ1n) is 9.13. The number of thiazole rings is 1. The second-order valence-electron chi connectivity index (χ2n) is 6.96. The van der Waals surface area contributed by atoms with Crippen LogP contribution in [0, 0.1) is 13.8 Å². The molecule has 0 bridgehead atoms. The molecule has 0 atom stereocenters. The highest BCUT2D eigenvalue weighted by Crippen LogP contribution is 2.42. The number of hydrogen-bond donors (Lipinski definition) is 0. The zero-order valence-electron chi connectivity index (χ0n) is 15.5. The van der Waals surface area contributed by atoms with Crippen LogP contribution in [0.3, 0.4) is 0 Å². The van der Waals surface area contributed by atoms with Gasteiger partial charge in [-0.25, -0.2) is 4.98 Å². The molecule has 2 nitrogen and oxygen atoms in total. The van der Waals surface area contributed by atoms with Crippen LogP contribution >= 0.6 is 22.9 Å². The summed E-state index contributed by atoms with van der Waals surface area (Å²) in [6.45, 7) is 4.17. The molecule has 0 radical (unpaired) electrons. The molecule has 0 aliphatic heterocycles. The van der Waals surface area contributed by atoms with Crippen molar-refractivity contribution in [3.05, 3.63) is 83.0 Å². The highest BCUT2D eigenvalue weighted by molar-refractivity contribution is 7.21. The molecule has 0 N–H and O–H groups in total. The molecule has 2 aromatic heterocycles. The molecular formula is C24H17ClN2S. The molecule has 0 saturated heterocycles. The Morgan fingerprint density at radius 1 is 0.786 bits per heavy atom. The van der Waals surface area contributed by atoms with E-state index in [0.717, 1.165) is 43.8 Å². The molecule has 0 aliphatic rings. The molecule has 0 amide bonds. The van der Waals surface area contributed by atoms with Gasteiger partial charge in [-0.1, -0.05) is 48.0 Å². The lowest BCUT2D eigenvalue weighted by Gasteiger charge is -2.14. The number of aromatic nitrogens is 2. The predicted octanol–water partition coefficient (Wildman–Crippen LogP) is 7.45. The van der Waals surface area contributed by atoms with Crippen molar-refractivity contribution in [3.63, 3.8) is 0 Å². The van der Waals surface area contributed by atoms with Crippen LogP contribution < -0.4 is 0 Å². The Hall–Kier alpha value is -2.75. The summed E-state index contributed by atoms with van der Waals surface area (Å²) >= 11 is 8.07. The van der Waals surface area contributed by atoms with Gasteiger partial charge in [0.05, 0.1) is 15.7 Å². The van der Waals surface area contributed by atoms with E-state index in [4.69, 9.17) is 21.6 Å². The number of hydrogen-bond acceptors (Lipinski definition) is 3. The van der Waals surface area contributed by atoms with E-state index in [9.17, 15) is 0 Å². The van der Waals surface area contributed by atoms with Crippen LogP contribution in [0.5, 0.6) is 0 Å². The lowest BCUT2D eigenvalue weighted by atomic mass is 9.94. The standard InChI is InChI=1S/C24H17ClN2S/c1-14-8-10-20-21(12-14)28-24(27-20)22-15(2)26-19-11-9-17(25)13-18(19)23(22)16-6-4-3-5-7-16/h3-13H,1-2H3. The van der Waals surface area contributed by atoms with Gasteiger partial charge in [0, 0.05) is 27.2 Å². The number of fused-ring (bicyclic) bond motifs is 2. The highest BCUT2D eigenvalue weighted by Gasteiger charge is 2.19. The van der Waals surface area contributed by atoms with Crippen LogP contribution in [0.1, 0.15) is 11.3 Å². The van der Waals surface area contributed by atoms with Gasteiger partial charge in [-0.2, -0.15) is 0 Å². The van der Waals surface area contributed by atoms with Gasteiger partial charge in [-0.15, -0.1) is 11.3 Å². The zero-order chi connectivity index (χ0) is 19.3. The largest absolute Gasteiger partial charge is 0.252 e. The molecule has 28 heavy (non-hydrogen) atoms. The van der Waals surface area contributed by atoms with E-state index in [2.05, 4.69) is 56.3 Å². The summed E-state index contributed by atoms with van der Waals surface area (Å²) in [5, 5.41) is 2.75. The topological polar surface area (TPSA) is 25.8 Å². The SMILES string of the molecule is Cc1ccc2nc(-c3c(C)nc4ccc(Cl)cc4c3-c3ccccc3)sc2c1. The number of aryl methyl sites for hydroxylation is 2. The van der Waals surface area contributed by atoms with Crippen molar-refractivity contribution < 1.29 is 0 Å². The lowest BCUT2D eigenvalue weighted by Crippen LogP contribution is -1.95.